The number of fused-ring (bicyclic) bond motifs is 3. The number of aromatic nitrogens is 2. The zero-order valence-electron chi connectivity index (χ0n) is 11.9. The van der Waals surface area contributed by atoms with Crippen LogP contribution in [0.2, 0.25) is 0 Å². The van der Waals surface area contributed by atoms with Gasteiger partial charge in [0.1, 0.15) is 5.65 Å². The van der Waals surface area contributed by atoms with E-state index in [2.05, 4.69) is 4.98 Å². The summed E-state index contributed by atoms with van der Waals surface area (Å²) in [5.41, 5.74) is 3.70. The van der Waals surface area contributed by atoms with Gasteiger partial charge in [-0.1, -0.05) is 29.8 Å². The number of rotatable bonds is 0. The van der Waals surface area contributed by atoms with Gasteiger partial charge in [0.25, 0.3) is 0 Å². The quantitative estimate of drug-likeness (QED) is 0.460. The molecule has 3 heteroatoms. The van der Waals surface area contributed by atoms with E-state index in [-0.39, 0.29) is 5.43 Å². The highest BCUT2D eigenvalue weighted by Crippen LogP contribution is 2.21. The average molecular weight is 274 g/mol. The number of hydrogen-bond acceptors (Lipinski definition) is 2. The van der Waals surface area contributed by atoms with Crippen molar-refractivity contribution in [3.63, 3.8) is 0 Å². The van der Waals surface area contributed by atoms with E-state index < -0.39 is 0 Å². The van der Waals surface area contributed by atoms with Crippen LogP contribution in [0.5, 0.6) is 0 Å². The Morgan fingerprint density at radius 1 is 1.00 bits per heavy atom. The Morgan fingerprint density at radius 3 is 2.67 bits per heavy atom. The molecule has 2 aromatic carbocycles. The molecule has 0 aliphatic carbocycles. The minimum absolute atomic E-state index is 0.0556. The van der Waals surface area contributed by atoms with Gasteiger partial charge in [-0.15, -0.1) is 0 Å². The average Bonchev–Trinajstić information content (AvgIpc) is 2.51. The Bertz CT molecular complexity index is 1080. The maximum Gasteiger partial charge on any atom is 0.198 e. The maximum absolute atomic E-state index is 12.8. The van der Waals surface area contributed by atoms with Crippen molar-refractivity contribution in [1.29, 1.82) is 0 Å². The minimum atomic E-state index is 0.0556. The molecule has 0 radical (unpaired) electrons. The van der Waals surface area contributed by atoms with Gasteiger partial charge < -0.3 is 4.57 Å². The van der Waals surface area contributed by atoms with E-state index in [4.69, 9.17) is 0 Å². The van der Waals surface area contributed by atoms with Gasteiger partial charge in [0.15, 0.2) is 5.43 Å². The lowest BCUT2D eigenvalue weighted by molar-refractivity contribution is 0.981. The predicted molar refractivity (Wildman–Crippen MR) is 86.7 cm³/mol. The van der Waals surface area contributed by atoms with Crippen molar-refractivity contribution in [3.8, 4) is 0 Å². The third kappa shape index (κ3) is 1.67. The molecule has 0 amide bonds. The lowest BCUT2D eigenvalue weighted by atomic mass is 10.1. The van der Waals surface area contributed by atoms with Gasteiger partial charge in [-0.2, -0.15) is 0 Å². The lowest BCUT2D eigenvalue weighted by Crippen LogP contribution is -2.10. The van der Waals surface area contributed by atoms with Gasteiger partial charge in [-0.3, -0.25) is 4.79 Å². The molecule has 0 fully saturated rings. The molecule has 2 heterocycles. The molecule has 3 nitrogen and oxygen atoms in total. The summed E-state index contributed by atoms with van der Waals surface area (Å²) in [5.74, 6) is 0. The topological polar surface area (TPSA) is 34.9 Å². The summed E-state index contributed by atoms with van der Waals surface area (Å²) in [5, 5.41) is 2.42. The zero-order valence-corrected chi connectivity index (χ0v) is 11.9. The molecule has 102 valence electrons. The zero-order chi connectivity index (χ0) is 14.6. The number of pyridine rings is 2. The Balaban J connectivity index is 2.32. The molecule has 0 N–H and O–H groups in total. The Kier molecular flexibility index (Phi) is 2.39. The van der Waals surface area contributed by atoms with Crippen molar-refractivity contribution >= 4 is 32.8 Å². The second-order valence-electron chi connectivity index (χ2n) is 5.46. The second kappa shape index (κ2) is 4.16. The molecule has 0 saturated carbocycles. The maximum atomic E-state index is 12.8. The molecule has 4 rings (SSSR count). The van der Waals surface area contributed by atoms with E-state index in [1.165, 1.54) is 0 Å². The van der Waals surface area contributed by atoms with Crippen molar-refractivity contribution in [2.75, 3.05) is 0 Å². The van der Waals surface area contributed by atoms with E-state index in [9.17, 15) is 4.79 Å². The summed E-state index contributed by atoms with van der Waals surface area (Å²) in [6, 6.07) is 15.8. The van der Waals surface area contributed by atoms with E-state index in [1.54, 1.807) is 0 Å². The molecule has 0 saturated heterocycles. The first-order chi connectivity index (χ1) is 10.1. The first kappa shape index (κ1) is 12.1. The first-order valence-corrected chi connectivity index (χ1v) is 6.94. The van der Waals surface area contributed by atoms with Crippen LogP contribution in [0.25, 0.3) is 32.8 Å². The number of hydrogen-bond donors (Lipinski definition) is 0. The highest BCUT2D eigenvalue weighted by Gasteiger charge is 2.11. The van der Waals surface area contributed by atoms with E-state index in [0.717, 1.165) is 33.0 Å². The fourth-order valence-electron chi connectivity index (χ4n) is 2.91. The molecule has 21 heavy (non-hydrogen) atoms. The molecular weight excluding hydrogens is 260 g/mol. The van der Waals surface area contributed by atoms with Crippen LogP contribution in [0.15, 0.2) is 53.3 Å². The SMILES string of the molecule is Cc1ccc2c(c1)c(=O)c1cc3ccccc3nc1n2C. The van der Waals surface area contributed by atoms with Gasteiger partial charge >= 0.3 is 0 Å². The standard InChI is InChI=1S/C18H14N2O/c1-11-7-8-16-13(9-11)17(21)14-10-12-5-3-4-6-15(12)19-18(14)20(16)2/h3-10H,1-2H3. The second-order valence-corrected chi connectivity index (χ2v) is 5.46. The fourth-order valence-corrected chi connectivity index (χ4v) is 2.91. The van der Waals surface area contributed by atoms with Crippen molar-refractivity contribution in [3.05, 3.63) is 64.3 Å². The van der Waals surface area contributed by atoms with Crippen LogP contribution in [0.3, 0.4) is 0 Å². The monoisotopic (exact) mass is 274 g/mol. The van der Waals surface area contributed by atoms with Crippen molar-refractivity contribution in [2.24, 2.45) is 7.05 Å². The largest absolute Gasteiger partial charge is 0.328 e. The van der Waals surface area contributed by atoms with Crippen LogP contribution >= 0.6 is 0 Å². The normalized spacial score (nSPS) is 11.5. The third-order valence-electron chi connectivity index (χ3n) is 4.02. The number of benzene rings is 2. The van der Waals surface area contributed by atoms with Gasteiger partial charge in [-0.25, -0.2) is 4.98 Å². The van der Waals surface area contributed by atoms with Crippen molar-refractivity contribution in [2.45, 2.75) is 6.92 Å². The molecule has 0 unspecified atom stereocenters. The number of nitrogens with zero attached hydrogens (tertiary/aromatic N) is 2. The Labute approximate surface area is 121 Å². The summed E-state index contributed by atoms with van der Waals surface area (Å²) in [6.45, 7) is 2.00. The molecule has 0 aliphatic heterocycles. The van der Waals surface area contributed by atoms with Crippen LogP contribution in [-0.2, 0) is 7.05 Å². The third-order valence-corrected chi connectivity index (χ3v) is 4.02. The Morgan fingerprint density at radius 2 is 1.81 bits per heavy atom. The van der Waals surface area contributed by atoms with E-state index in [0.29, 0.717) is 5.39 Å². The molecule has 4 aromatic rings. The summed E-state index contributed by atoms with van der Waals surface area (Å²) >= 11 is 0. The summed E-state index contributed by atoms with van der Waals surface area (Å²) < 4.78 is 2.00. The molecule has 0 bridgehead atoms. The smallest absolute Gasteiger partial charge is 0.198 e. The summed E-state index contributed by atoms with van der Waals surface area (Å²) in [4.78, 5) is 17.5. The van der Waals surface area contributed by atoms with Gasteiger partial charge in [0.05, 0.1) is 16.4 Å². The predicted octanol–water partition coefficient (Wildman–Crippen LogP) is 3.55. The van der Waals surface area contributed by atoms with E-state index in [1.807, 2.05) is 67.1 Å². The van der Waals surface area contributed by atoms with Crippen molar-refractivity contribution in [1.82, 2.24) is 9.55 Å². The van der Waals surface area contributed by atoms with Crippen LogP contribution in [0.4, 0.5) is 0 Å². The highest BCUT2D eigenvalue weighted by atomic mass is 16.1. The van der Waals surface area contributed by atoms with E-state index >= 15 is 0 Å². The highest BCUT2D eigenvalue weighted by molar-refractivity contribution is 5.97. The van der Waals surface area contributed by atoms with Crippen molar-refractivity contribution < 1.29 is 0 Å². The van der Waals surface area contributed by atoms with Gasteiger partial charge in [-0.05, 0) is 31.2 Å². The van der Waals surface area contributed by atoms with Crippen LogP contribution in [0, 0.1) is 6.92 Å². The number of para-hydroxylation sites is 1. The van der Waals surface area contributed by atoms with Crippen LogP contribution in [-0.4, -0.2) is 9.55 Å². The fraction of sp³-hybridized carbons (Fsp3) is 0.111. The lowest BCUT2D eigenvalue weighted by Gasteiger charge is -2.11. The van der Waals surface area contributed by atoms with Crippen LogP contribution < -0.4 is 5.43 Å². The molecular formula is C18H14N2O. The van der Waals surface area contributed by atoms with Gasteiger partial charge in [0.2, 0.25) is 0 Å². The summed E-state index contributed by atoms with van der Waals surface area (Å²) in [7, 11) is 1.96. The first-order valence-electron chi connectivity index (χ1n) is 6.94. The Hall–Kier alpha value is -2.68. The molecule has 0 spiro atoms. The molecule has 2 aromatic heterocycles. The van der Waals surface area contributed by atoms with Crippen LogP contribution in [0.1, 0.15) is 5.56 Å². The molecule has 0 atom stereocenters. The van der Waals surface area contributed by atoms with Gasteiger partial charge in [0, 0.05) is 17.8 Å². The minimum Gasteiger partial charge on any atom is -0.328 e. The number of aryl methyl sites for hydroxylation is 2. The molecule has 0 aliphatic rings. The summed E-state index contributed by atoms with van der Waals surface area (Å²) in [6.07, 6.45) is 0.